The highest BCUT2D eigenvalue weighted by Crippen LogP contribution is 2.34. The van der Waals surface area contributed by atoms with Gasteiger partial charge in [0.2, 0.25) is 0 Å². The van der Waals surface area contributed by atoms with Crippen LogP contribution in [0.25, 0.3) is 11.3 Å². The monoisotopic (exact) mass is 455 g/mol. The maximum Gasteiger partial charge on any atom is 0.407 e. The van der Waals surface area contributed by atoms with Crippen molar-refractivity contribution in [3.05, 3.63) is 59.8 Å². The number of likely N-dealkylation sites (tertiary alicyclic amines) is 1. The lowest BCUT2D eigenvalue weighted by molar-refractivity contribution is 0.146. The molecule has 10 heteroatoms. The van der Waals surface area contributed by atoms with Gasteiger partial charge in [-0.2, -0.15) is 5.10 Å². The van der Waals surface area contributed by atoms with Gasteiger partial charge >= 0.3 is 12.1 Å². The Labute approximate surface area is 189 Å². The second-order valence-corrected chi connectivity index (χ2v) is 7.83. The maximum atomic E-state index is 12.4. The normalized spacial score (nSPS) is 15.4. The number of rotatable bonds is 5. The minimum atomic E-state index is -0.950. The Morgan fingerprint density at radius 1 is 1.12 bits per heavy atom. The fraction of sp³-hybridized carbons (Fsp3) is 0.227. The molecule has 32 heavy (non-hydrogen) atoms. The molecule has 0 aliphatic carbocycles. The van der Waals surface area contributed by atoms with Crippen molar-refractivity contribution in [3.8, 4) is 17.0 Å². The van der Waals surface area contributed by atoms with Crippen LogP contribution >= 0.6 is 11.6 Å². The van der Waals surface area contributed by atoms with Crippen LogP contribution in [0.3, 0.4) is 0 Å². The molecular formula is C22H22ClN5O4. The number of carboxylic acid groups (broad SMARTS) is 1. The van der Waals surface area contributed by atoms with Gasteiger partial charge < -0.3 is 25.4 Å². The molecule has 3 amide bonds. The summed E-state index contributed by atoms with van der Waals surface area (Å²) in [6.07, 6.45) is 1.09. The number of aromatic nitrogens is 2. The lowest BCUT2D eigenvalue weighted by Gasteiger charge is -2.18. The summed E-state index contributed by atoms with van der Waals surface area (Å²) in [6, 6.07) is 13.6. The van der Waals surface area contributed by atoms with Crippen LogP contribution in [-0.2, 0) is 7.05 Å². The number of anilines is 2. The number of amides is 3. The third-order valence-corrected chi connectivity index (χ3v) is 5.40. The summed E-state index contributed by atoms with van der Waals surface area (Å²) in [5.74, 6) is 0.592. The number of aryl methyl sites for hydroxylation is 1. The van der Waals surface area contributed by atoms with Crippen LogP contribution in [0.15, 0.2) is 54.7 Å². The lowest BCUT2D eigenvalue weighted by atomic mass is 10.1. The number of benzene rings is 2. The quantitative estimate of drug-likeness (QED) is 0.524. The third-order valence-electron chi connectivity index (χ3n) is 5.15. The summed E-state index contributed by atoms with van der Waals surface area (Å²) in [5, 5.41) is 19.6. The van der Waals surface area contributed by atoms with Crippen molar-refractivity contribution in [3.63, 3.8) is 0 Å². The molecule has 166 valence electrons. The fourth-order valence-electron chi connectivity index (χ4n) is 3.55. The van der Waals surface area contributed by atoms with Gasteiger partial charge in [-0.25, -0.2) is 9.59 Å². The number of nitrogens with one attached hydrogen (secondary N) is 2. The molecule has 1 aromatic heterocycles. The van der Waals surface area contributed by atoms with Crippen molar-refractivity contribution in [1.82, 2.24) is 14.7 Å². The van der Waals surface area contributed by atoms with Crippen molar-refractivity contribution >= 4 is 35.1 Å². The van der Waals surface area contributed by atoms with E-state index >= 15 is 0 Å². The van der Waals surface area contributed by atoms with E-state index in [4.69, 9.17) is 16.3 Å². The standard InChI is InChI=1S/C22H22ClN5O4/c1-27-19(8-10-24-27)18-12-16(26-21(29)25-15-4-2-14(23)3-5-15)6-7-20(18)32-17-9-11-28(13-17)22(30)31/h2-8,10,12,17H,9,11,13H2,1H3,(H,30,31)(H2,25,26,29)/t17-/m0/s1. The van der Waals surface area contributed by atoms with Crippen LogP contribution in [-0.4, -0.2) is 51.1 Å². The van der Waals surface area contributed by atoms with E-state index in [0.29, 0.717) is 41.7 Å². The molecule has 3 N–H and O–H groups in total. The second kappa shape index (κ2) is 9.19. The van der Waals surface area contributed by atoms with Gasteiger partial charge in [-0.1, -0.05) is 11.6 Å². The molecule has 1 atom stereocenters. The van der Waals surface area contributed by atoms with Gasteiger partial charge in [-0.3, -0.25) is 4.68 Å². The van der Waals surface area contributed by atoms with E-state index in [1.807, 2.05) is 13.1 Å². The smallest absolute Gasteiger partial charge is 0.407 e. The average molecular weight is 456 g/mol. The van der Waals surface area contributed by atoms with E-state index in [2.05, 4.69) is 15.7 Å². The highest BCUT2D eigenvalue weighted by molar-refractivity contribution is 6.30. The first-order valence-corrected chi connectivity index (χ1v) is 10.4. The molecule has 2 aromatic carbocycles. The molecule has 1 aliphatic rings. The Balaban J connectivity index is 1.53. The van der Waals surface area contributed by atoms with Crippen molar-refractivity contribution in [2.75, 3.05) is 23.7 Å². The summed E-state index contributed by atoms with van der Waals surface area (Å²) in [4.78, 5) is 25.0. The predicted octanol–water partition coefficient (Wildman–Crippen LogP) is 4.52. The van der Waals surface area contributed by atoms with Crippen LogP contribution in [0.2, 0.25) is 5.02 Å². The zero-order valence-corrected chi connectivity index (χ0v) is 18.0. The number of halogens is 1. The molecule has 1 saturated heterocycles. The highest BCUT2D eigenvalue weighted by atomic mass is 35.5. The number of hydrogen-bond acceptors (Lipinski definition) is 4. The van der Waals surface area contributed by atoms with Gasteiger partial charge in [0.05, 0.1) is 12.2 Å². The van der Waals surface area contributed by atoms with E-state index in [1.54, 1.807) is 53.3 Å². The molecule has 4 rings (SSSR count). The fourth-order valence-corrected chi connectivity index (χ4v) is 3.68. The Hall–Kier alpha value is -3.72. The first-order chi connectivity index (χ1) is 15.4. The SMILES string of the molecule is Cn1nccc1-c1cc(NC(=O)Nc2ccc(Cl)cc2)ccc1O[C@H]1CCN(C(=O)O)C1. The number of urea groups is 1. The number of hydrogen-bond donors (Lipinski definition) is 3. The summed E-state index contributed by atoms with van der Waals surface area (Å²) >= 11 is 5.88. The summed E-state index contributed by atoms with van der Waals surface area (Å²) in [5.41, 5.74) is 2.72. The van der Waals surface area contributed by atoms with Gasteiger partial charge in [0.1, 0.15) is 11.9 Å². The van der Waals surface area contributed by atoms with Gasteiger partial charge in [0, 0.05) is 48.2 Å². The highest BCUT2D eigenvalue weighted by Gasteiger charge is 2.28. The van der Waals surface area contributed by atoms with Crippen molar-refractivity contribution in [2.45, 2.75) is 12.5 Å². The minimum Gasteiger partial charge on any atom is -0.488 e. The molecule has 2 heterocycles. The first kappa shape index (κ1) is 21.5. The van der Waals surface area contributed by atoms with E-state index in [0.717, 1.165) is 11.3 Å². The number of nitrogens with zero attached hydrogens (tertiary/aromatic N) is 3. The van der Waals surface area contributed by atoms with E-state index in [9.17, 15) is 14.7 Å². The topological polar surface area (TPSA) is 109 Å². The molecule has 1 aliphatic heterocycles. The van der Waals surface area contributed by atoms with Crippen LogP contribution in [0.5, 0.6) is 5.75 Å². The van der Waals surface area contributed by atoms with Gasteiger partial charge in [-0.05, 0) is 48.5 Å². The summed E-state index contributed by atoms with van der Waals surface area (Å²) in [6.45, 7) is 0.745. The van der Waals surface area contributed by atoms with E-state index < -0.39 is 12.1 Å². The zero-order chi connectivity index (χ0) is 22.7. The minimum absolute atomic E-state index is 0.245. The average Bonchev–Trinajstić information content (AvgIpc) is 3.40. The summed E-state index contributed by atoms with van der Waals surface area (Å²) < 4.78 is 7.85. The van der Waals surface area contributed by atoms with Crippen molar-refractivity contribution in [2.24, 2.45) is 7.05 Å². The Morgan fingerprint density at radius 2 is 1.84 bits per heavy atom. The Bertz CT molecular complexity index is 1130. The third kappa shape index (κ3) is 4.94. The van der Waals surface area contributed by atoms with E-state index in [-0.39, 0.29) is 6.10 Å². The van der Waals surface area contributed by atoms with Gasteiger partial charge in [0.25, 0.3) is 0 Å². The molecule has 0 spiro atoms. The maximum absolute atomic E-state index is 12.4. The summed E-state index contributed by atoms with van der Waals surface area (Å²) in [7, 11) is 1.81. The van der Waals surface area contributed by atoms with Gasteiger partial charge in [-0.15, -0.1) is 0 Å². The van der Waals surface area contributed by atoms with Crippen LogP contribution in [0, 0.1) is 0 Å². The molecular weight excluding hydrogens is 434 g/mol. The Kier molecular flexibility index (Phi) is 6.18. The van der Waals surface area contributed by atoms with Crippen LogP contribution < -0.4 is 15.4 Å². The zero-order valence-electron chi connectivity index (χ0n) is 17.3. The molecule has 1 fully saturated rings. The molecule has 9 nitrogen and oxygen atoms in total. The van der Waals surface area contributed by atoms with Crippen molar-refractivity contribution < 1.29 is 19.4 Å². The Morgan fingerprint density at radius 3 is 2.50 bits per heavy atom. The molecule has 3 aromatic rings. The predicted molar refractivity (Wildman–Crippen MR) is 121 cm³/mol. The van der Waals surface area contributed by atoms with Crippen LogP contribution in [0.1, 0.15) is 6.42 Å². The first-order valence-electron chi connectivity index (χ1n) is 9.99. The second-order valence-electron chi connectivity index (χ2n) is 7.39. The molecule has 0 bridgehead atoms. The van der Waals surface area contributed by atoms with Crippen LogP contribution in [0.4, 0.5) is 21.0 Å². The van der Waals surface area contributed by atoms with Crippen molar-refractivity contribution in [1.29, 1.82) is 0 Å². The van der Waals surface area contributed by atoms with E-state index in [1.165, 1.54) is 4.90 Å². The number of carbonyl (C=O) groups excluding carboxylic acids is 1. The number of carbonyl (C=O) groups is 2. The molecule has 0 saturated carbocycles. The lowest BCUT2D eigenvalue weighted by Crippen LogP contribution is -2.29. The largest absolute Gasteiger partial charge is 0.488 e. The number of ether oxygens (including phenoxy) is 1. The molecule has 0 unspecified atom stereocenters. The van der Waals surface area contributed by atoms with Gasteiger partial charge in [0.15, 0.2) is 0 Å². The molecule has 0 radical (unpaired) electrons.